The van der Waals surface area contributed by atoms with Gasteiger partial charge in [-0.1, -0.05) is 32.9 Å². The second kappa shape index (κ2) is 4.34. The molecule has 3 heteroatoms. The zero-order chi connectivity index (χ0) is 11.6. The summed E-state index contributed by atoms with van der Waals surface area (Å²) in [6.07, 6.45) is 0.629. The maximum absolute atomic E-state index is 11.1. The maximum Gasteiger partial charge on any atom is 0.339 e. The summed E-state index contributed by atoms with van der Waals surface area (Å²) in [6, 6.07) is 3.57. The lowest BCUT2D eigenvalue weighted by Crippen LogP contribution is -2.05. The highest BCUT2D eigenvalue weighted by Gasteiger charge is 2.19. The molecule has 0 fully saturated rings. The highest BCUT2D eigenvalue weighted by atomic mass is 16.4. The SMILES string of the molecule is CCc1ccc(C(C)C)c(C(=O)O)c1O. The molecule has 0 radical (unpaired) electrons. The minimum absolute atomic E-state index is 0.0457. The van der Waals surface area contributed by atoms with Gasteiger partial charge in [0.05, 0.1) is 0 Å². The fourth-order valence-corrected chi connectivity index (χ4v) is 1.64. The van der Waals surface area contributed by atoms with Gasteiger partial charge in [-0.2, -0.15) is 0 Å². The first-order valence-corrected chi connectivity index (χ1v) is 5.07. The summed E-state index contributed by atoms with van der Waals surface area (Å²) in [5.74, 6) is -1.06. The molecule has 15 heavy (non-hydrogen) atoms. The Balaban J connectivity index is 3.44. The third-order valence-corrected chi connectivity index (χ3v) is 2.51. The lowest BCUT2D eigenvalue weighted by Gasteiger charge is -2.13. The maximum atomic E-state index is 11.1. The number of phenols is 1. The largest absolute Gasteiger partial charge is 0.507 e. The average molecular weight is 208 g/mol. The van der Waals surface area contributed by atoms with Crippen molar-refractivity contribution < 1.29 is 15.0 Å². The molecule has 2 N–H and O–H groups in total. The van der Waals surface area contributed by atoms with Crippen molar-refractivity contribution in [3.8, 4) is 5.75 Å². The van der Waals surface area contributed by atoms with Crippen molar-refractivity contribution in [2.24, 2.45) is 0 Å². The van der Waals surface area contributed by atoms with E-state index in [0.29, 0.717) is 17.5 Å². The van der Waals surface area contributed by atoms with E-state index in [1.165, 1.54) is 0 Å². The first-order chi connectivity index (χ1) is 6.99. The summed E-state index contributed by atoms with van der Waals surface area (Å²) in [7, 11) is 0. The number of benzene rings is 1. The van der Waals surface area contributed by atoms with Crippen molar-refractivity contribution in [3.05, 3.63) is 28.8 Å². The normalized spacial score (nSPS) is 10.7. The molecule has 0 unspecified atom stereocenters. The van der Waals surface area contributed by atoms with Gasteiger partial charge in [0.2, 0.25) is 0 Å². The monoisotopic (exact) mass is 208 g/mol. The lowest BCUT2D eigenvalue weighted by atomic mass is 9.93. The van der Waals surface area contributed by atoms with Crippen molar-refractivity contribution in [1.29, 1.82) is 0 Å². The number of aromatic hydroxyl groups is 1. The predicted octanol–water partition coefficient (Wildman–Crippen LogP) is 2.78. The van der Waals surface area contributed by atoms with Gasteiger partial charge in [-0.05, 0) is 23.5 Å². The number of hydrogen-bond donors (Lipinski definition) is 2. The number of aryl methyl sites for hydroxylation is 1. The summed E-state index contributed by atoms with van der Waals surface area (Å²) in [6.45, 7) is 5.70. The molecule has 82 valence electrons. The number of carboxylic acid groups (broad SMARTS) is 1. The Kier molecular flexibility index (Phi) is 3.35. The van der Waals surface area contributed by atoms with Crippen LogP contribution < -0.4 is 0 Å². The minimum Gasteiger partial charge on any atom is -0.507 e. The van der Waals surface area contributed by atoms with Gasteiger partial charge in [0.25, 0.3) is 0 Å². The van der Waals surface area contributed by atoms with Crippen LogP contribution in [0.2, 0.25) is 0 Å². The number of rotatable bonds is 3. The number of hydrogen-bond acceptors (Lipinski definition) is 2. The Bertz CT molecular complexity index is 381. The van der Waals surface area contributed by atoms with Crippen LogP contribution in [0.4, 0.5) is 0 Å². The summed E-state index contributed by atoms with van der Waals surface area (Å²) in [4.78, 5) is 11.1. The summed E-state index contributed by atoms with van der Waals surface area (Å²) >= 11 is 0. The molecule has 0 atom stereocenters. The zero-order valence-electron chi connectivity index (χ0n) is 9.24. The lowest BCUT2D eigenvalue weighted by molar-refractivity contribution is 0.0692. The molecular formula is C12H16O3. The predicted molar refractivity (Wildman–Crippen MR) is 58.5 cm³/mol. The van der Waals surface area contributed by atoms with E-state index in [4.69, 9.17) is 5.11 Å². The first-order valence-electron chi connectivity index (χ1n) is 5.07. The molecule has 0 aromatic heterocycles. The van der Waals surface area contributed by atoms with Gasteiger partial charge in [0, 0.05) is 0 Å². The van der Waals surface area contributed by atoms with Crippen molar-refractivity contribution in [3.63, 3.8) is 0 Å². The molecule has 0 aliphatic carbocycles. The summed E-state index contributed by atoms with van der Waals surface area (Å²) < 4.78 is 0. The van der Waals surface area contributed by atoms with Gasteiger partial charge < -0.3 is 10.2 Å². The van der Waals surface area contributed by atoms with Gasteiger partial charge in [-0.25, -0.2) is 4.79 Å². The second-order valence-corrected chi connectivity index (χ2v) is 3.85. The summed E-state index contributed by atoms with van der Waals surface area (Å²) in [5, 5.41) is 18.9. The Labute approximate surface area is 89.4 Å². The van der Waals surface area contributed by atoms with Crippen LogP contribution >= 0.6 is 0 Å². The number of carbonyl (C=O) groups is 1. The van der Waals surface area contributed by atoms with Gasteiger partial charge in [0.1, 0.15) is 11.3 Å². The van der Waals surface area contributed by atoms with E-state index < -0.39 is 5.97 Å². The summed E-state index contributed by atoms with van der Waals surface area (Å²) in [5.41, 5.74) is 1.40. The Hall–Kier alpha value is -1.51. The van der Waals surface area contributed by atoms with E-state index in [1.54, 1.807) is 12.1 Å². The van der Waals surface area contributed by atoms with Crippen LogP contribution in [-0.2, 0) is 6.42 Å². The quantitative estimate of drug-likeness (QED) is 0.803. The first kappa shape index (κ1) is 11.6. The van der Waals surface area contributed by atoms with Gasteiger partial charge in [-0.15, -0.1) is 0 Å². The number of aromatic carboxylic acids is 1. The molecule has 0 aliphatic rings. The fourth-order valence-electron chi connectivity index (χ4n) is 1.64. The molecule has 1 rings (SSSR count). The van der Waals surface area contributed by atoms with Crippen molar-refractivity contribution in [1.82, 2.24) is 0 Å². The van der Waals surface area contributed by atoms with Crippen LogP contribution in [0.3, 0.4) is 0 Å². The van der Waals surface area contributed by atoms with E-state index >= 15 is 0 Å². The molecule has 3 nitrogen and oxygen atoms in total. The molecule has 0 aliphatic heterocycles. The fraction of sp³-hybridized carbons (Fsp3) is 0.417. The third kappa shape index (κ3) is 2.12. The van der Waals surface area contributed by atoms with E-state index in [2.05, 4.69) is 0 Å². The van der Waals surface area contributed by atoms with Gasteiger partial charge in [0.15, 0.2) is 0 Å². The van der Waals surface area contributed by atoms with E-state index in [1.807, 2.05) is 20.8 Å². The highest BCUT2D eigenvalue weighted by Crippen LogP contribution is 2.30. The van der Waals surface area contributed by atoms with Crippen molar-refractivity contribution >= 4 is 5.97 Å². The van der Waals surface area contributed by atoms with E-state index in [9.17, 15) is 9.90 Å². The molecule has 0 saturated carbocycles. The Morgan fingerprint density at radius 3 is 2.40 bits per heavy atom. The van der Waals surface area contributed by atoms with Crippen molar-refractivity contribution in [2.75, 3.05) is 0 Å². The van der Waals surface area contributed by atoms with Gasteiger partial charge in [-0.3, -0.25) is 0 Å². The van der Waals surface area contributed by atoms with Crippen molar-refractivity contribution in [2.45, 2.75) is 33.1 Å². The van der Waals surface area contributed by atoms with E-state index in [-0.39, 0.29) is 17.2 Å². The molecule has 1 aromatic carbocycles. The van der Waals surface area contributed by atoms with Gasteiger partial charge >= 0.3 is 5.97 Å². The van der Waals surface area contributed by atoms with Crippen LogP contribution in [0, 0.1) is 0 Å². The number of carboxylic acids is 1. The third-order valence-electron chi connectivity index (χ3n) is 2.51. The zero-order valence-corrected chi connectivity index (χ0v) is 9.24. The average Bonchev–Trinajstić information content (AvgIpc) is 2.16. The van der Waals surface area contributed by atoms with Crippen LogP contribution in [0.1, 0.15) is 48.2 Å². The van der Waals surface area contributed by atoms with E-state index in [0.717, 1.165) is 0 Å². The topological polar surface area (TPSA) is 57.5 Å². The van der Waals surface area contributed by atoms with Crippen LogP contribution in [0.25, 0.3) is 0 Å². The molecule has 0 amide bonds. The van der Waals surface area contributed by atoms with Crippen LogP contribution in [-0.4, -0.2) is 16.2 Å². The molecule has 0 heterocycles. The second-order valence-electron chi connectivity index (χ2n) is 3.85. The molecule has 0 saturated heterocycles. The Morgan fingerprint density at radius 1 is 1.40 bits per heavy atom. The minimum atomic E-state index is -1.06. The Morgan fingerprint density at radius 2 is 2.00 bits per heavy atom. The van der Waals surface area contributed by atoms with Crippen LogP contribution in [0.5, 0.6) is 5.75 Å². The highest BCUT2D eigenvalue weighted by molar-refractivity contribution is 5.93. The molecular weight excluding hydrogens is 192 g/mol. The molecule has 1 aromatic rings. The molecule has 0 spiro atoms. The standard InChI is InChI=1S/C12H16O3/c1-4-8-5-6-9(7(2)3)10(11(8)13)12(14)15/h5-7,13H,4H2,1-3H3,(H,14,15). The smallest absolute Gasteiger partial charge is 0.339 e. The molecule has 0 bridgehead atoms. The van der Waals surface area contributed by atoms with Crippen LogP contribution in [0.15, 0.2) is 12.1 Å².